The molecule has 0 radical (unpaired) electrons. The van der Waals surface area contributed by atoms with Crippen molar-refractivity contribution in [2.45, 2.75) is 13.0 Å². The van der Waals surface area contributed by atoms with Gasteiger partial charge in [-0.05, 0) is 25.1 Å². The number of amides is 1. The van der Waals surface area contributed by atoms with Gasteiger partial charge in [0, 0.05) is 18.0 Å². The Morgan fingerprint density at radius 1 is 1.17 bits per heavy atom. The number of nitrogens with zero attached hydrogens (tertiary/aromatic N) is 1. The zero-order valence-electron chi connectivity index (χ0n) is 12.8. The molecule has 0 spiro atoms. The first-order valence-corrected chi connectivity index (χ1v) is 7.19. The summed E-state index contributed by atoms with van der Waals surface area (Å²) in [5.74, 6) is -0.315. The minimum absolute atomic E-state index is 0.157. The van der Waals surface area contributed by atoms with Crippen LogP contribution in [0.5, 0.6) is 5.75 Å². The van der Waals surface area contributed by atoms with Crippen LogP contribution in [0.2, 0.25) is 0 Å². The maximum absolute atomic E-state index is 11.7. The molecule has 0 unspecified atom stereocenters. The first kappa shape index (κ1) is 16.5. The van der Waals surface area contributed by atoms with Crippen molar-refractivity contribution >= 4 is 11.9 Å². The Bertz CT molecular complexity index is 632. The van der Waals surface area contributed by atoms with Gasteiger partial charge in [-0.15, -0.1) is 0 Å². The smallest absolute Gasteiger partial charge is 0.326 e. The van der Waals surface area contributed by atoms with E-state index in [9.17, 15) is 9.59 Å². The van der Waals surface area contributed by atoms with E-state index in [0.29, 0.717) is 5.75 Å². The largest absolute Gasteiger partial charge is 0.484 e. The molecule has 0 fully saturated rings. The average Bonchev–Trinajstić information content (AvgIpc) is 2.60. The van der Waals surface area contributed by atoms with Crippen LogP contribution < -0.4 is 10.1 Å². The summed E-state index contributed by atoms with van der Waals surface area (Å²) in [5, 5.41) is 2.46. The summed E-state index contributed by atoms with van der Waals surface area (Å²) in [7, 11) is 0. The number of nitrogens with one attached hydrogen (secondary N) is 1. The highest BCUT2D eigenvalue weighted by Gasteiger charge is 2.13. The molecule has 6 heteroatoms. The van der Waals surface area contributed by atoms with Crippen molar-refractivity contribution in [3.8, 4) is 5.75 Å². The molecular weight excluding hydrogens is 296 g/mol. The molecule has 1 amide bonds. The molecule has 2 aromatic rings. The number of ether oxygens (including phenoxy) is 2. The second kappa shape index (κ2) is 8.53. The minimum Gasteiger partial charge on any atom is -0.484 e. The van der Waals surface area contributed by atoms with Crippen LogP contribution in [0, 0.1) is 0 Å². The molecule has 0 saturated carbocycles. The van der Waals surface area contributed by atoms with Gasteiger partial charge in [0.05, 0.1) is 0 Å². The molecular formula is C17H18N2O4. The van der Waals surface area contributed by atoms with E-state index in [2.05, 4.69) is 10.3 Å². The van der Waals surface area contributed by atoms with Crippen molar-refractivity contribution in [2.24, 2.45) is 0 Å². The fraction of sp³-hybridized carbons (Fsp3) is 0.235. The molecule has 0 aliphatic heterocycles. The van der Waals surface area contributed by atoms with Gasteiger partial charge in [-0.3, -0.25) is 14.6 Å². The van der Waals surface area contributed by atoms with Crippen LogP contribution in [0.3, 0.4) is 0 Å². The summed E-state index contributed by atoms with van der Waals surface area (Å²) in [4.78, 5) is 27.3. The molecule has 0 aliphatic carbocycles. The number of para-hydroxylation sites is 1. The summed E-state index contributed by atoms with van der Waals surface area (Å²) in [5.41, 5.74) is 0.791. The number of hydrogen-bond donors (Lipinski definition) is 1. The SMILES string of the molecule is C[C@@H](OC(=O)CNC(=O)COc1ccccc1)c1cccnc1. The van der Waals surface area contributed by atoms with E-state index in [0.717, 1.165) is 5.56 Å². The number of hydrogen-bond acceptors (Lipinski definition) is 5. The van der Waals surface area contributed by atoms with Crippen molar-refractivity contribution in [1.29, 1.82) is 0 Å². The third-order valence-electron chi connectivity index (χ3n) is 3.01. The second-order valence-electron chi connectivity index (χ2n) is 4.80. The Morgan fingerprint density at radius 2 is 1.96 bits per heavy atom. The molecule has 1 atom stereocenters. The van der Waals surface area contributed by atoms with E-state index in [1.165, 1.54) is 0 Å². The van der Waals surface area contributed by atoms with E-state index in [1.54, 1.807) is 37.5 Å². The quantitative estimate of drug-likeness (QED) is 0.790. The van der Waals surface area contributed by atoms with Gasteiger partial charge in [-0.1, -0.05) is 24.3 Å². The van der Waals surface area contributed by atoms with Gasteiger partial charge < -0.3 is 14.8 Å². The Balaban J connectivity index is 1.68. The van der Waals surface area contributed by atoms with Crippen molar-refractivity contribution in [2.75, 3.05) is 13.2 Å². The lowest BCUT2D eigenvalue weighted by Gasteiger charge is -2.13. The first-order valence-electron chi connectivity index (χ1n) is 7.19. The van der Waals surface area contributed by atoms with E-state index < -0.39 is 12.1 Å². The van der Waals surface area contributed by atoms with Crippen LogP contribution >= 0.6 is 0 Å². The minimum atomic E-state index is -0.519. The van der Waals surface area contributed by atoms with Crippen LogP contribution in [0.4, 0.5) is 0 Å². The van der Waals surface area contributed by atoms with Gasteiger partial charge in [0.1, 0.15) is 18.4 Å². The lowest BCUT2D eigenvalue weighted by atomic mass is 10.2. The van der Waals surface area contributed by atoms with Crippen LogP contribution in [0.1, 0.15) is 18.6 Å². The summed E-state index contributed by atoms with van der Waals surface area (Å²) in [6.07, 6.45) is 2.85. The highest BCUT2D eigenvalue weighted by Crippen LogP contribution is 2.14. The highest BCUT2D eigenvalue weighted by molar-refractivity contribution is 5.82. The molecule has 23 heavy (non-hydrogen) atoms. The zero-order valence-corrected chi connectivity index (χ0v) is 12.8. The van der Waals surface area contributed by atoms with Gasteiger partial charge in [0.15, 0.2) is 6.61 Å². The molecule has 120 valence electrons. The van der Waals surface area contributed by atoms with E-state index >= 15 is 0 Å². The highest BCUT2D eigenvalue weighted by atomic mass is 16.5. The third-order valence-corrected chi connectivity index (χ3v) is 3.01. The lowest BCUT2D eigenvalue weighted by Crippen LogP contribution is -2.34. The monoisotopic (exact) mass is 314 g/mol. The molecule has 0 saturated heterocycles. The summed E-state index contributed by atoms with van der Waals surface area (Å²) in [6.45, 7) is 1.38. The molecule has 1 heterocycles. The number of carbonyl (C=O) groups is 2. The Kier molecular flexibility index (Phi) is 6.11. The molecule has 0 bridgehead atoms. The molecule has 1 N–H and O–H groups in total. The van der Waals surface area contributed by atoms with Crippen molar-refractivity contribution in [1.82, 2.24) is 10.3 Å². The second-order valence-corrected chi connectivity index (χ2v) is 4.80. The van der Waals surface area contributed by atoms with Gasteiger partial charge in [-0.2, -0.15) is 0 Å². The molecule has 1 aromatic heterocycles. The van der Waals surface area contributed by atoms with E-state index in [-0.39, 0.29) is 19.1 Å². The maximum atomic E-state index is 11.7. The van der Waals surface area contributed by atoms with Crippen LogP contribution in [-0.2, 0) is 14.3 Å². The fourth-order valence-electron chi connectivity index (χ4n) is 1.81. The predicted molar refractivity (Wildman–Crippen MR) is 83.7 cm³/mol. The number of aromatic nitrogens is 1. The number of benzene rings is 1. The van der Waals surface area contributed by atoms with Gasteiger partial charge in [0.25, 0.3) is 5.91 Å². The Morgan fingerprint density at radius 3 is 2.65 bits per heavy atom. The van der Waals surface area contributed by atoms with Gasteiger partial charge in [-0.25, -0.2) is 0 Å². The molecule has 2 rings (SSSR count). The van der Waals surface area contributed by atoms with Crippen LogP contribution in [-0.4, -0.2) is 30.0 Å². The maximum Gasteiger partial charge on any atom is 0.326 e. The number of rotatable bonds is 7. The van der Waals surface area contributed by atoms with Crippen molar-refractivity contribution < 1.29 is 19.1 Å². The van der Waals surface area contributed by atoms with Crippen LogP contribution in [0.25, 0.3) is 0 Å². The third kappa shape index (κ3) is 5.78. The average molecular weight is 314 g/mol. The van der Waals surface area contributed by atoms with E-state index in [4.69, 9.17) is 9.47 Å². The van der Waals surface area contributed by atoms with Crippen molar-refractivity contribution in [3.63, 3.8) is 0 Å². The van der Waals surface area contributed by atoms with Gasteiger partial charge >= 0.3 is 5.97 Å². The van der Waals surface area contributed by atoms with Gasteiger partial charge in [0.2, 0.25) is 0 Å². The number of carbonyl (C=O) groups excluding carboxylic acids is 2. The normalized spacial score (nSPS) is 11.3. The summed E-state index contributed by atoms with van der Waals surface area (Å²) < 4.78 is 10.5. The van der Waals surface area contributed by atoms with Crippen LogP contribution in [0.15, 0.2) is 54.9 Å². The number of pyridine rings is 1. The predicted octanol–water partition coefficient (Wildman–Crippen LogP) is 1.88. The Hall–Kier alpha value is -2.89. The summed E-state index contributed by atoms with van der Waals surface area (Å²) >= 11 is 0. The first-order chi connectivity index (χ1) is 11.1. The fourth-order valence-corrected chi connectivity index (χ4v) is 1.81. The molecule has 6 nitrogen and oxygen atoms in total. The topological polar surface area (TPSA) is 77.5 Å². The summed E-state index contributed by atoms with van der Waals surface area (Å²) in [6, 6.07) is 12.6. The zero-order chi connectivity index (χ0) is 16.5. The molecule has 0 aliphatic rings. The lowest BCUT2D eigenvalue weighted by molar-refractivity contribution is -0.148. The Labute approximate surface area is 134 Å². The molecule has 1 aromatic carbocycles. The standard InChI is InChI=1S/C17H18N2O4/c1-13(14-6-5-9-18-10-14)23-17(21)11-19-16(20)12-22-15-7-3-2-4-8-15/h2-10,13H,11-12H2,1H3,(H,19,20)/t13-/m1/s1. The number of esters is 1. The van der Waals surface area contributed by atoms with E-state index in [1.807, 2.05) is 24.3 Å². The van der Waals surface area contributed by atoms with Crippen molar-refractivity contribution in [3.05, 3.63) is 60.4 Å².